The lowest BCUT2D eigenvalue weighted by Gasteiger charge is -2.36. The smallest absolute Gasteiger partial charge is 0.328 e. The van der Waals surface area contributed by atoms with Crippen molar-refractivity contribution >= 4 is 28.7 Å². The molecule has 2 aromatic heterocycles. The Morgan fingerprint density at radius 1 is 1.34 bits per heavy atom. The molecule has 0 bridgehead atoms. The number of urea groups is 1. The van der Waals surface area contributed by atoms with Crippen LogP contribution in [0.3, 0.4) is 0 Å². The van der Waals surface area contributed by atoms with Crippen LogP contribution in [-0.2, 0) is 28.1 Å². The number of amides is 4. The van der Waals surface area contributed by atoms with Crippen molar-refractivity contribution in [3.8, 4) is 5.75 Å². The summed E-state index contributed by atoms with van der Waals surface area (Å²) in [5.74, 6) is 0.479. The highest BCUT2D eigenvalue weighted by Crippen LogP contribution is 2.45. The van der Waals surface area contributed by atoms with Gasteiger partial charge in [0.2, 0.25) is 5.91 Å². The minimum absolute atomic E-state index is 0.182. The number of rotatable bonds is 5. The van der Waals surface area contributed by atoms with Crippen molar-refractivity contribution in [2.45, 2.75) is 38.4 Å². The molecule has 0 saturated carbocycles. The summed E-state index contributed by atoms with van der Waals surface area (Å²) in [5, 5.41) is 3.71. The van der Waals surface area contributed by atoms with Gasteiger partial charge in [0.25, 0.3) is 5.91 Å². The summed E-state index contributed by atoms with van der Waals surface area (Å²) in [6.07, 6.45) is 2.12. The Kier molecular flexibility index (Phi) is 4.51. The molecule has 9 nitrogen and oxygen atoms in total. The molecule has 0 aliphatic carbocycles. The van der Waals surface area contributed by atoms with Crippen LogP contribution in [0.25, 0.3) is 10.9 Å². The number of carbonyl (C=O) groups is 3. The normalized spacial score (nSPS) is 21.0. The van der Waals surface area contributed by atoms with Crippen molar-refractivity contribution in [3.05, 3.63) is 53.6 Å². The lowest BCUT2D eigenvalue weighted by atomic mass is 9.87. The van der Waals surface area contributed by atoms with E-state index in [4.69, 9.17) is 9.15 Å². The van der Waals surface area contributed by atoms with Gasteiger partial charge in [0, 0.05) is 17.4 Å². The molecule has 166 valence electrons. The molecule has 1 aromatic carbocycles. The van der Waals surface area contributed by atoms with E-state index in [1.165, 1.54) is 6.26 Å². The number of hydrogen-bond donors (Lipinski definition) is 2. The Bertz CT molecular complexity index is 1230. The summed E-state index contributed by atoms with van der Waals surface area (Å²) in [5.41, 5.74) is 1.36. The Hall–Kier alpha value is -3.75. The molecule has 0 spiro atoms. The molecule has 4 amide bonds. The van der Waals surface area contributed by atoms with Crippen LogP contribution in [0, 0.1) is 0 Å². The number of nitrogens with zero attached hydrogens (tertiary/aromatic N) is 2. The number of carbonyl (C=O) groups excluding carboxylic acids is 3. The fourth-order valence-corrected chi connectivity index (χ4v) is 4.77. The lowest BCUT2D eigenvalue weighted by Crippen LogP contribution is -2.49. The van der Waals surface area contributed by atoms with Gasteiger partial charge < -0.3 is 24.4 Å². The van der Waals surface area contributed by atoms with Crippen LogP contribution in [-0.4, -0.2) is 52.3 Å². The summed E-state index contributed by atoms with van der Waals surface area (Å²) in [7, 11) is 1.61. The number of hydrogen-bond acceptors (Lipinski definition) is 5. The first-order chi connectivity index (χ1) is 15.4. The topological polar surface area (TPSA) is 108 Å². The molecule has 9 heteroatoms. The van der Waals surface area contributed by atoms with Crippen molar-refractivity contribution in [2.75, 3.05) is 13.7 Å². The Morgan fingerprint density at radius 2 is 2.16 bits per heavy atom. The Labute approximate surface area is 184 Å². The molecular weight excluding hydrogens is 412 g/mol. The Balaban J connectivity index is 1.47. The average molecular weight is 436 g/mol. The van der Waals surface area contributed by atoms with Crippen molar-refractivity contribution in [3.63, 3.8) is 0 Å². The molecule has 0 unspecified atom stereocenters. The molecule has 1 fully saturated rings. The zero-order valence-corrected chi connectivity index (χ0v) is 18.1. The van der Waals surface area contributed by atoms with Crippen LogP contribution < -0.4 is 10.1 Å². The highest BCUT2D eigenvalue weighted by molar-refractivity contribution is 6.11. The number of aromatic amines is 1. The van der Waals surface area contributed by atoms with Gasteiger partial charge in [-0.15, -0.1) is 0 Å². The standard InChI is InChI=1S/C23H24N4O5/c1-13(20(28)24-12-15-5-4-10-32-15)27-21(29)23(2)19-16(8-9-26(23)22(27)30)17-11-14(31-3)6-7-18(17)25-19/h4-7,10-11,13,25H,8-9,12H2,1-3H3,(H,24,28)/t13-,23-/m0/s1. The van der Waals surface area contributed by atoms with Crippen LogP contribution >= 0.6 is 0 Å². The number of H-pyrrole nitrogens is 1. The van der Waals surface area contributed by atoms with Crippen LogP contribution in [0.15, 0.2) is 41.0 Å². The SMILES string of the molecule is COc1ccc2[nH]c3c(c2c1)CCN1C(=O)N([C@@H](C)C(=O)NCc2ccco2)C(=O)[C@]31C. The fraction of sp³-hybridized carbons (Fsp3) is 0.348. The predicted octanol–water partition coefficient (Wildman–Crippen LogP) is 2.51. The predicted molar refractivity (Wildman–Crippen MR) is 115 cm³/mol. The molecule has 2 aliphatic heterocycles. The van der Waals surface area contributed by atoms with E-state index in [1.807, 2.05) is 18.2 Å². The largest absolute Gasteiger partial charge is 0.497 e. The molecule has 32 heavy (non-hydrogen) atoms. The van der Waals surface area contributed by atoms with Gasteiger partial charge in [-0.1, -0.05) is 0 Å². The van der Waals surface area contributed by atoms with E-state index in [-0.39, 0.29) is 6.54 Å². The molecule has 0 radical (unpaired) electrons. The zero-order chi connectivity index (χ0) is 22.6. The first kappa shape index (κ1) is 20.2. The quantitative estimate of drug-likeness (QED) is 0.598. The number of benzene rings is 1. The maximum Gasteiger partial charge on any atom is 0.328 e. The van der Waals surface area contributed by atoms with Gasteiger partial charge in [-0.25, -0.2) is 9.69 Å². The van der Waals surface area contributed by atoms with Crippen molar-refractivity contribution in [2.24, 2.45) is 0 Å². The van der Waals surface area contributed by atoms with Crippen LogP contribution in [0.1, 0.15) is 30.9 Å². The van der Waals surface area contributed by atoms with Crippen LogP contribution in [0.5, 0.6) is 5.75 Å². The number of nitrogens with one attached hydrogen (secondary N) is 2. The maximum atomic E-state index is 13.6. The molecule has 5 rings (SSSR count). The van der Waals surface area contributed by atoms with Gasteiger partial charge in [-0.05, 0) is 56.2 Å². The van der Waals surface area contributed by atoms with Gasteiger partial charge in [-0.3, -0.25) is 9.59 Å². The lowest BCUT2D eigenvalue weighted by molar-refractivity contribution is -0.139. The Morgan fingerprint density at radius 3 is 2.88 bits per heavy atom. The van der Waals surface area contributed by atoms with E-state index in [0.29, 0.717) is 24.4 Å². The fourth-order valence-electron chi connectivity index (χ4n) is 4.77. The van der Waals surface area contributed by atoms with E-state index in [9.17, 15) is 14.4 Å². The molecule has 2 atom stereocenters. The first-order valence-corrected chi connectivity index (χ1v) is 10.5. The summed E-state index contributed by atoms with van der Waals surface area (Å²) >= 11 is 0. The van der Waals surface area contributed by atoms with Crippen molar-refractivity contribution < 1.29 is 23.5 Å². The number of furan rings is 1. The number of aromatic nitrogens is 1. The van der Waals surface area contributed by atoms with Gasteiger partial charge in [0.1, 0.15) is 17.6 Å². The van der Waals surface area contributed by atoms with Gasteiger partial charge in [0.05, 0.1) is 25.6 Å². The molecule has 3 aromatic rings. The van der Waals surface area contributed by atoms with Gasteiger partial charge >= 0.3 is 6.03 Å². The van der Waals surface area contributed by atoms with Gasteiger partial charge in [0.15, 0.2) is 5.54 Å². The molecule has 4 heterocycles. The minimum atomic E-state index is -1.20. The van der Waals surface area contributed by atoms with Crippen molar-refractivity contribution in [1.82, 2.24) is 20.1 Å². The van der Waals surface area contributed by atoms with E-state index in [1.54, 1.807) is 38.0 Å². The third-order valence-electron chi connectivity index (χ3n) is 6.58. The highest BCUT2D eigenvalue weighted by atomic mass is 16.5. The van der Waals surface area contributed by atoms with Crippen molar-refractivity contribution in [1.29, 1.82) is 0 Å². The third kappa shape index (κ3) is 2.73. The number of ether oxygens (including phenoxy) is 1. The van der Waals surface area contributed by atoms with Crippen LogP contribution in [0.4, 0.5) is 4.79 Å². The second-order valence-electron chi connectivity index (χ2n) is 8.29. The molecule has 2 aliphatic rings. The molecule has 2 N–H and O–H groups in total. The van der Waals surface area contributed by atoms with E-state index in [2.05, 4.69) is 10.3 Å². The number of methoxy groups -OCH3 is 1. The molecular formula is C23H24N4O5. The van der Waals surface area contributed by atoms with Gasteiger partial charge in [-0.2, -0.15) is 0 Å². The third-order valence-corrected chi connectivity index (χ3v) is 6.58. The number of imide groups is 1. The monoisotopic (exact) mass is 436 g/mol. The zero-order valence-electron chi connectivity index (χ0n) is 18.1. The van der Waals surface area contributed by atoms with E-state index in [0.717, 1.165) is 27.1 Å². The summed E-state index contributed by atoms with van der Waals surface area (Å²) in [6, 6.07) is 7.75. The molecule has 1 saturated heterocycles. The summed E-state index contributed by atoms with van der Waals surface area (Å²) in [4.78, 5) is 45.6. The van der Waals surface area contributed by atoms with E-state index < -0.39 is 29.4 Å². The minimum Gasteiger partial charge on any atom is -0.497 e. The summed E-state index contributed by atoms with van der Waals surface area (Å²) in [6.45, 7) is 3.87. The highest BCUT2D eigenvalue weighted by Gasteiger charge is 2.60. The summed E-state index contributed by atoms with van der Waals surface area (Å²) < 4.78 is 10.6. The van der Waals surface area contributed by atoms with Crippen LogP contribution in [0.2, 0.25) is 0 Å². The van der Waals surface area contributed by atoms with E-state index >= 15 is 0 Å². The second-order valence-corrected chi connectivity index (χ2v) is 8.29. The maximum absolute atomic E-state index is 13.6. The number of fused-ring (bicyclic) bond motifs is 5. The first-order valence-electron chi connectivity index (χ1n) is 10.5. The average Bonchev–Trinajstić information content (AvgIpc) is 3.49. The second kappa shape index (κ2) is 7.15.